The zero-order valence-electron chi connectivity index (χ0n) is 58.4. The Hall–Kier alpha value is -1.94. The maximum atomic E-state index is 13.0. The van der Waals surface area contributed by atoms with Crippen molar-refractivity contribution in [1.29, 1.82) is 0 Å². The third-order valence-electron chi connectivity index (χ3n) is 16.5. The molecule has 90 heavy (non-hydrogen) atoms. The molecule has 0 aromatic heterocycles. The Labute approximate surface area is 549 Å². The first-order valence-electron chi connectivity index (χ1n) is 37.0. The molecule has 0 saturated carbocycles. The zero-order valence-corrected chi connectivity index (χ0v) is 60.2. The van der Waals surface area contributed by atoms with E-state index < -0.39 is 97.5 Å². The Morgan fingerprint density at radius 2 is 0.511 bits per heavy atom. The third-order valence-corrected chi connectivity index (χ3v) is 18.4. The van der Waals surface area contributed by atoms with Gasteiger partial charge in [0.2, 0.25) is 0 Å². The van der Waals surface area contributed by atoms with E-state index in [4.69, 9.17) is 37.0 Å². The lowest BCUT2D eigenvalue weighted by Crippen LogP contribution is -2.30. The molecule has 5 atom stereocenters. The van der Waals surface area contributed by atoms with E-state index in [0.717, 1.165) is 108 Å². The molecule has 0 rings (SSSR count). The summed E-state index contributed by atoms with van der Waals surface area (Å²) >= 11 is 0. The van der Waals surface area contributed by atoms with Crippen LogP contribution in [0.25, 0.3) is 0 Å². The Morgan fingerprint density at radius 3 is 0.756 bits per heavy atom. The largest absolute Gasteiger partial charge is 0.472 e. The van der Waals surface area contributed by atoms with Gasteiger partial charge in [0.25, 0.3) is 0 Å². The average Bonchev–Trinajstić information content (AvgIpc) is 3.67. The summed E-state index contributed by atoms with van der Waals surface area (Å²) in [4.78, 5) is 72.3. The monoisotopic (exact) mass is 1320 g/mol. The highest BCUT2D eigenvalue weighted by atomic mass is 31.2. The van der Waals surface area contributed by atoms with Crippen molar-refractivity contribution in [3.05, 3.63) is 0 Å². The molecule has 0 fully saturated rings. The minimum atomic E-state index is -4.95. The molecule has 0 spiro atoms. The van der Waals surface area contributed by atoms with E-state index in [-0.39, 0.29) is 25.7 Å². The number of carbonyl (C=O) groups is 4. The van der Waals surface area contributed by atoms with Crippen LogP contribution in [0.15, 0.2) is 0 Å². The summed E-state index contributed by atoms with van der Waals surface area (Å²) in [6.07, 6.45) is 49.1. The van der Waals surface area contributed by atoms with Crippen molar-refractivity contribution in [3.8, 4) is 0 Å². The van der Waals surface area contributed by atoms with Crippen molar-refractivity contribution in [2.24, 2.45) is 11.8 Å². The van der Waals surface area contributed by atoms with Gasteiger partial charge in [-0.25, -0.2) is 9.13 Å². The number of carbonyl (C=O) groups excluding carboxylic acids is 4. The van der Waals surface area contributed by atoms with Crippen molar-refractivity contribution < 1.29 is 80.2 Å². The molecule has 0 aromatic carbocycles. The van der Waals surface area contributed by atoms with Gasteiger partial charge in [0.1, 0.15) is 19.3 Å². The van der Waals surface area contributed by atoms with Crippen LogP contribution in [0.3, 0.4) is 0 Å². The number of hydrogen-bond donors (Lipinski definition) is 3. The molecule has 0 amide bonds. The summed E-state index contributed by atoms with van der Waals surface area (Å²) in [6, 6.07) is 0. The fraction of sp³-hybridized carbons (Fsp3) is 0.944. The van der Waals surface area contributed by atoms with Crippen LogP contribution in [0.4, 0.5) is 0 Å². The Morgan fingerprint density at radius 1 is 0.300 bits per heavy atom. The van der Waals surface area contributed by atoms with Crippen LogP contribution in [-0.2, 0) is 65.4 Å². The van der Waals surface area contributed by atoms with E-state index in [1.165, 1.54) is 173 Å². The van der Waals surface area contributed by atoms with Gasteiger partial charge in [0.05, 0.1) is 26.4 Å². The lowest BCUT2D eigenvalue weighted by Gasteiger charge is -2.21. The second-order valence-corrected chi connectivity index (χ2v) is 29.5. The van der Waals surface area contributed by atoms with Crippen molar-refractivity contribution in [2.45, 2.75) is 381 Å². The van der Waals surface area contributed by atoms with Gasteiger partial charge in [0, 0.05) is 25.7 Å². The van der Waals surface area contributed by atoms with Crippen molar-refractivity contribution in [2.75, 3.05) is 39.6 Å². The van der Waals surface area contributed by atoms with Crippen LogP contribution < -0.4 is 0 Å². The second-order valence-electron chi connectivity index (χ2n) is 26.6. The van der Waals surface area contributed by atoms with E-state index in [1.54, 1.807) is 0 Å². The minimum absolute atomic E-state index is 0.104. The highest BCUT2D eigenvalue weighted by Gasteiger charge is 2.30. The van der Waals surface area contributed by atoms with E-state index in [9.17, 15) is 43.2 Å². The topological polar surface area (TPSA) is 237 Å². The van der Waals surface area contributed by atoms with Crippen molar-refractivity contribution in [3.63, 3.8) is 0 Å². The SMILES string of the molecule is CCCCCCCCCCCCCCCCCC(=O)OC[C@H](COP(=O)(O)OC[C@@H](O)COP(=O)(O)OC[C@@H](COC(=O)CCCCCCC)OC(=O)CCCCCCCCCCC(C)C)OC(=O)CCCCCCCCCCCCCCCCCCC(C)C. The fourth-order valence-corrected chi connectivity index (χ4v) is 12.3. The first-order chi connectivity index (χ1) is 43.4. The van der Waals surface area contributed by atoms with Crippen LogP contribution in [0.1, 0.15) is 363 Å². The first-order valence-corrected chi connectivity index (χ1v) is 40.0. The molecule has 2 unspecified atom stereocenters. The van der Waals surface area contributed by atoms with E-state index in [1.807, 2.05) is 0 Å². The molecule has 17 nitrogen and oxygen atoms in total. The fourth-order valence-electron chi connectivity index (χ4n) is 10.8. The summed E-state index contributed by atoms with van der Waals surface area (Å²) < 4.78 is 68.1. The minimum Gasteiger partial charge on any atom is -0.462 e. The van der Waals surface area contributed by atoms with Crippen LogP contribution in [-0.4, -0.2) is 96.7 Å². The summed E-state index contributed by atoms with van der Waals surface area (Å²) in [5, 5.41) is 10.6. The Balaban J connectivity index is 5.14. The molecule has 19 heteroatoms. The molecule has 0 radical (unpaired) electrons. The molecule has 0 aromatic rings. The number of phosphoric acid groups is 2. The molecular weight excluding hydrogens is 1190 g/mol. The van der Waals surface area contributed by atoms with Crippen LogP contribution in [0.2, 0.25) is 0 Å². The zero-order chi connectivity index (χ0) is 66.5. The Bertz CT molecular complexity index is 1750. The van der Waals surface area contributed by atoms with Crippen LogP contribution in [0, 0.1) is 11.8 Å². The molecular formula is C71H138O17P2. The lowest BCUT2D eigenvalue weighted by atomic mass is 10.0. The van der Waals surface area contributed by atoms with Gasteiger partial charge in [-0.3, -0.25) is 37.3 Å². The summed E-state index contributed by atoms with van der Waals surface area (Å²) in [7, 11) is -9.89. The average molecular weight is 1330 g/mol. The van der Waals surface area contributed by atoms with Gasteiger partial charge >= 0.3 is 39.5 Å². The van der Waals surface area contributed by atoms with Gasteiger partial charge in [-0.1, -0.05) is 311 Å². The number of unbranched alkanes of at least 4 members (excludes halogenated alkanes) is 40. The smallest absolute Gasteiger partial charge is 0.462 e. The number of aliphatic hydroxyl groups is 1. The molecule has 3 N–H and O–H groups in total. The molecule has 0 saturated heterocycles. The number of aliphatic hydroxyl groups excluding tert-OH is 1. The molecule has 0 aliphatic heterocycles. The van der Waals surface area contributed by atoms with Gasteiger partial charge in [0.15, 0.2) is 12.2 Å². The number of ether oxygens (including phenoxy) is 4. The summed E-state index contributed by atoms with van der Waals surface area (Å²) in [6.45, 7) is 9.46. The number of esters is 4. The van der Waals surface area contributed by atoms with E-state index in [0.29, 0.717) is 25.7 Å². The number of rotatable bonds is 70. The van der Waals surface area contributed by atoms with E-state index in [2.05, 4.69) is 41.5 Å². The second kappa shape index (κ2) is 63.1. The molecule has 0 heterocycles. The van der Waals surface area contributed by atoms with Crippen molar-refractivity contribution in [1.82, 2.24) is 0 Å². The lowest BCUT2D eigenvalue weighted by molar-refractivity contribution is -0.161. The van der Waals surface area contributed by atoms with E-state index >= 15 is 0 Å². The predicted octanol–water partition coefficient (Wildman–Crippen LogP) is 20.4. The highest BCUT2D eigenvalue weighted by molar-refractivity contribution is 7.47. The van der Waals surface area contributed by atoms with Gasteiger partial charge in [-0.05, 0) is 37.5 Å². The maximum Gasteiger partial charge on any atom is 0.472 e. The third kappa shape index (κ3) is 64.8. The highest BCUT2D eigenvalue weighted by Crippen LogP contribution is 2.45. The predicted molar refractivity (Wildman–Crippen MR) is 363 cm³/mol. The first kappa shape index (κ1) is 88.1. The molecule has 0 bridgehead atoms. The van der Waals surface area contributed by atoms with Gasteiger partial charge in [-0.2, -0.15) is 0 Å². The van der Waals surface area contributed by atoms with Crippen LogP contribution >= 0.6 is 15.6 Å². The summed E-state index contributed by atoms with van der Waals surface area (Å²) in [5.41, 5.74) is 0. The Kier molecular flexibility index (Phi) is 61.8. The molecule has 534 valence electrons. The van der Waals surface area contributed by atoms with Crippen molar-refractivity contribution >= 4 is 39.5 Å². The maximum absolute atomic E-state index is 13.0. The number of hydrogen-bond acceptors (Lipinski definition) is 15. The van der Waals surface area contributed by atoms with Gasteiger partial charge in [-0.15, -0.1) is 0 Å². The summed E-state index contributed by atoms with van der Waals surface area (Å²) in [5.74, 6) is -0.607. The molecule has 0 aliphatic carbocycles. The van der Waals surface area contributed by atoms with Crippen LogP contribution in [0.5, 0.6) is 0 Å². The normalized spacial score (nSPS) is 14.1. The quantitative estimate of drug-likeness (QED) is 0.0222. The molecule has 0 aliphatic rings. The number of phosphoric ester groups is 2. The standard InChI is InChI=1S/C71H138O17P2/c1-7-9-11-13-14-15-16-17-20-24-27-30-36-42-48-54-69(74)82-60-67(88-70(75)55-49-43-37-31-28-25-22-19-18-21-23-26-29-34-40-45-51-63(3)4)62-86-90(79,80)84-58-65(72)57-83-89(77,78)85-61-66(59-81-68(73)53-47-39-12-10-8-2)87-71(76)56-50-44-38-33-32-35-41-46-52-64(5)6/h63-67,72H,7-62H2,1-6H3,(H,77,78)(H,79,80)/t65-,66+,67+/m0/s1. The van der Waals surface area contributed by atoms with Gasteiger partial charge < -0.3 is 33.8 Å².